The summed E-state index contributed by atoms with van der Waals surface area (Å²) < 4.78 is 0. The number of aryl methyl sites for hydroxylation is 2. The van der Waals surface area contributed by atoms with Crippen molar-refractivity contribution in [1.82, 2.24) is 0 Å². The monoisotopic (exact) mass is 260 g/mol. The van der Waals surface area contributed by atoms with E-state index >= 15 is 0 Å². The Morgan fingerprint density at radius 1 is 1.17 bits per heavy atom. The summed E-state index contributed by atoms with van der Waals surface area (Å²) in [5.74, 6) is 0. The van der Waals surface area contributed by atoms with E-state index in [0.29, 0.717) is 6.54 Å². The van der Waals surface area contributed by atoms with Crippen molar-refractivity contribution < 1.29 is 0 Å². The van der Waals surface area contributed by atoms with E-state index in [1.807, 2.05) is 0 Å². The van der Waals surface area contributed by atoms with Gasteiger partial charge in [-0.1, -0.05) is 17.7 Å². The van der Waals surface area contributed by atoms with Crippen LogP contribution in [0.1, 0.15) is 20.9 Å². The van der Waals surface area contributed by atoms with Gasteiger partial charge < -0.3 is 10.6 Å². The summed E-state index contributed by atoms with van der Waals surface area (Å²) in [6.45, 7) is 5.85. The van der Waals surface area contributed by atoms with E-state index in [0.717, 1.165) is 6.54 Å². The third-order valence-corrected chi connectivity index (χ3v) is 4.27. The molecular formula is C15H20N2S. The highest BCUT2D eigenvalue weighted by atomic mass is 32.1. The van der Waals surface area contributed by atoms with Crippen LogP contribution in [0.3, 0.4) is 0 Å². The first-order valence-corrected chi connectivity index (χ1v) is 6.98. The normalized spacial score (nSPS) is 10.7. The molecule has 0 aliphatic rings. The summed E-state index contributed by atoms with van der Waals surface area (Å²) in [5, 5.41) is 0. The fourth-order valence-electron chi connectivity index (χ4n) is 1.99. The Morgan fingerprint density at radius 3 is 2.39 bits per heavy atom. The number of nitrogens with zero attached hydrogens (tertiary/aromatic N) is 1. The molecule has 0 bridgehead atoms. The summed E-state index contributed by atoms with van der Waals surface area (Å²) in [4.78, 5) is 4.91. The second kappa shape index (κ2) is 5.55. The van der Waals surface area contributed by atoms with Crippen LogP contribution in [-0.4, -0.2) is 7.05 Å². The lowest BCUT2D eigenvalue weighted by molar-refractivity contribution is 0.918. The van der Waals surface area contributed by atoms with E-state index in [-0.39, 0.29) is 0 Å². The highest BCUT2D eigenvalue weighted by Gasteiger charge is 2.08. The van der Waals surface area contributed by atoms with Crippen LogP contribution in [0.2, 0.25) is 0 Å². The number of thiophene rings is 1. The summed E-state index contributed by atoms with van der Waals surface area (Å²) in [7, 11) is 2.13. The van der Waals surface area contributed by atoms with Crippen molar-refractivity contribution in [3.05, 3.63) is 51.2 Å². The maximum absolute atomic E-state index is 5.69. The molecule has 0 aliphatic carbocycles. The molecule has 0 fully saturated rings. The lowest BCUT2D eigenvalue weighted by Crippen LogP contribution is -2.16. The largest absolute Gasteiger partial charge is 0.370 e. The van der Waals surface area contributed by atoms with Gasteiger partial charge in [0.25, 0.3) is 0 Å². The molecule has 0 aliphatic heterocycles. The minimum Gasteiger partial charge on any atom is -0.370 e. The van der Waals surface area contributed by atoms with Crippen molar-refractivity contribution >= 4 is 17.0 Å². The fourth-order valence-corrected chi connectivity index (χ4v) is 2.92. The Kier molecular flexibility index (Phi) is 4.04. The van der Waals surface area contributed by atoms with E-state index in [2.05, 4.69) is 56.1 Å². The average Bonchev–Trinajstić information content (AvgIpc) is 2.71. The standard InChI is InChI=1S/C15H20N2S/c1-11-4-6-14(7-5-11)17(3)10-13-8-15(9-16)18-12(13)2/h4-8H,9-10,16H2,1-3H3. The quantitative estimate of drug-likeness (QED) is 0.912. The van der Waals surface area contributed by atoms with Gasteiger partial charge in [0, 0.05) is 35.6 Å². The Morgan fingerprint density at radius 2 is 1.83 bits per heavy atom. The van der Waals surface area contributed by atoms with Gasteiger partial charge in [-0.15, -0.1) is 11.3 Å². The van der Waals surface area contributed by atoms with E-state index in [9.17, 15) is 0 Å². The highest BCUT2D eigenvalue weighted by molar-refractivity contribution is 7.12. The third kappa shape index (κ3) is 2.92. The van der Waals surface area contributed by atoms with Gasteiger partial charge in [0.05, 0.1) is 0 Å². The second-order valence-electron chi connectivity index (χ2n) is 4.69. The molecule has 0 saturated heterocycles. The van der Waals surface area contributed by atoms with E-state index in [1.165, 1.54) is 26.6 Å². The summed E-state index contributed by atoms with van der Waals surface area (Å²) in [5.41, 5.74) is 9.61. The first kappa shape index (κ1) is 13.1. The predicted molar refractivity (Wildman–Crippen MR) is 80.2 cm³/mol. The summed E-state index contributed by atoms with van der Waals surface area (Å²) >= 11 is 1.80. The van der Waals surface area contributed by atoms with Gasteiger partial charge in [-0.2, -0.15) is 0 Å². The molecule has 0 saturated carbocycles. The van der Waals surface area contributed by atoms with Gasteiger partial charge in [0.1, 0.15) is 0 Å². The zero-order valence-corrected chi connectivity index (χ0v) is 12.1. The molecule has 96 valence electrons. The molecule has 0 atom stereocenters. The molecule has 0 unspecified atom stereocenters. The van der Waals surface area contributed by atoms with Crippen molar-refractivity contribution in [3.63, 3.8) is 0 Å². The summed E-state index contributed by atoms with van der Waals surface area (Å²) in [6.07, 6.45) is 0. The van der Waals surface area contributed by atoms with E-state index < -0.39 is 0 Å². The van der Waals surface area contributed by atoms with Crippen LogP contribution in [-0.2, 0) is 13.1 Å². The Hall–Kier alpha value is -1.32. The van der Waals surface area contributed by atoms with Gasteiger partial charge in [0.15, 0.2) is 0 Å². The second-order valence-corrected chi connectivity index (χ2v) is 6.03. The van der Waals surface area contributed by atoms with Crippen LogP contribution in [0.4, 0.5) is 5.69 Å². The molecule has 0 radical (unpaired) electrons. The van der Waals surface area contributed by atoms with Crippen molar-refractivity contribution in [3.8, 4) is 0 Å². The zero-order valence-electron chi connectivity index (χ0n) is 11.2. The number of hydrogen-bond donors (Lipinski definition) is 1. The van der Waals surface area contributed by atoms with Crippen LogP contribution in [0, 0.1) is 13.8 Å². The fraction of sp³-hybridized carbons (Fsp3) is 0.333. The lowest BCUT2D eigenvalue weighted by atomic mass is 10.2. The first-order valence-electron chi connectivity index (χ1n) is 6.16. The van der Waals surface area contributed by atoms with Gasteiger partial charge in [-0.25, -0.2) is 0 Å². The molecule has 2 rings (SSSR count). The molecule has 2 nitrogen and oxygen atoms in total. The Labute approximate surface area is 113 Å². The van der Waals surface area contributed by atoms with Crippen LogP contribution >= 0.6 is 11.3 Å². The predicted octanol–water partition coefficient (Wildman–Crippen LogP) is 3.46. The van der Waals surface area contributed by atoms with Crippen LogP contribution in [0.15, 0.2) is 30.3 Å². The number of benzene rings is 1. The topological polar surface area (TPSA) is 29.3 Å². The van der Waals surface area contributed by atoms with Crippen LogP contribution in [0.5, 0.6) is 0 Å². The first-order chi connectivity index (χ1) is 8.60. The number of hydrogen-bond acceptors (Lipinski definition) is 3. The number of nitrogens with two attached hydrogens (primary N) is 1. The smallest absolute Gasteiger partial charge is 0.0437 e. The molecule has 1 aromatic carbocycles. The molecule has 18 heavy (non-hydrogen) atoms. The zero-order chi connectivity index (χ0) is 13.1. The minimum absolute atomic E-state index is 0.639. The van der Waals surface area contributed by atoms with Crippen LogP contribution < -0.4 is 10.6 Å². The van der Waals surface area contributed by atoms with Gasteiger partial charge in [0.2, 0.25) is 0 Å². The number of rotatable bonds is 4. The molecule has 1 heterocycles. The van der Waals surface area contributed by atoms with Gasteiger partial charge in [-0.05, 0) is 37.6 Å². The van der Waals surface area contributed by atoms with E-state index in [4.69, 9.17) is 5.73 Å². The molecule has 2 N–H and O–H groups in total. The van der Waals surface area contributed by atoms with Gasteiger partial charge >= 0.3 is 0 Å². The highest BCUT2D eigenvalue weighted by Crippen LogP contribution is 2.24. The molecule has 0 spiro atoms. The van der Waals surface area contributed by atoms with Crippen LogP contribution in [0.25, 0.3) is 0 Å². The SMILES string of the molecule is Cc1ccc(N(C)Cc2cc(CN)sc2C)cc1. The maximum Gasteiger partial charge on any atom is 0.0437 e. The molecule has 0 amide bonds. The average molecular weight is 260 g/mol. The van der Waals surface area contributed by atoms with Crippen molar-refractivity contribution in [2.75, 3.05) is 11.9 Å². The minimum atomic E-state index is 0.639. The molecule has 1 aromatic heterocycles. The summed E-state index contributed by atoms with van der Waals surface area (Å²) in [6, 6.07) is 10.9. The molecule has 3 heteroatoms. The van der Waals surface area contributed by atoms with Crippen molar-refractivity contribution in [2.45, 2.75) is 26.9 Å². The lowest BCUT2D eigenvalue weighted by Gasteiger charge is -2.19. The maximum atomic E-state index is 5.69. The Balaban J connectivity index is 2.13. The number of anilines is 1. The molecular weight excluding hydrogens is 240 g/mol. The third-order valence-electron chi connectivity index (χ3n) is 3.16. The molecule has 2 aromatic rings. The van der Waals surface area contributed by atoms with Crippen molar-refractivity contribution in [1.29, 1.82) is 0 Å². The van der Waals surface area contributed by atoms with Crippen molar-refractivity contribution in [2.24, 2.45) is 5.73 Å². The van der Waals surface area contributed by atoms with E-state index in [1.54, 1.807) is 11.3 Å². The van der Waals surface area contributed by atoms with Gasteiger partial charge in [-0.3, -0.25) is 0 Å². The Bertz CT molecular complexity index is 514.